The van der Waals surface area contributed by atoms with E-state index in [1.807, 2.05) is 0 Å². The van der Waals surface area contributed by atoms with Crippen LogP contribution in [0.25, 0.3) is 0 Å². The van der Waals surface area contributed by atoms with E-state index >= 15 is 0 Å². The lowest BCUT2D eigenvalue weighted by atomic mass is 10.2. The maximum atomic E-state index is 11.6. The molecule has 1 aliphatic rings. The second kappa shape index (κ2) is 5.50. The summed E-state index contributed by atoms with van der Waals surface area (Å²) in [4.78, 5) is 0. The van der Waals surface area contributed by atoms with Crippen LogP contribution >= 0.6 is 0 Å². The number of alkyl halides is 2. The molecule has 4 heteroatoms. The largest absolute Gasteiger partial charge is 0.374 e. The standard InChI is InChI=1S/C9H17F2NO/c1-7(8-2-3-8)12-4-5-13-6-9(10)11/h7-9,12H,2-6H2,1H3. The Bertz CT molecular complexity index is 140. The SMILES string of the molecule is CC(NCCOCC(F)F)C1CC1. The monoisotopic (exact) mass is 193 g/mol. The van der Waals surface area contributed by atoms with Crippen LogP contribution in [-0.2, 0) is 4.74 Å². The molecule has 1 rings (SSSR count). The van der Waals surface area contributed by atoms with Gasteiger partial charge in [-0.3, -0.25) is 0 Å². The lowest BCUT2D eigenvalue weighted by Gasteiger charge is -2.12. The highest BCUT2D eigenvalue weighted by atomic mass is 19.3. The van der Waals surface area contributed by atoms with Gasteiger partial charge in [-0.25, -0.2) is 8.78 Å². The molecule has 13 heavy (non-hydrogen) atoms. The lowest BCUT2D eigenvalue weighted by molar-refractivity contribution is 0.0182. The second-order valence-corrected chi connectivity index (χ2v) is 3.55. The maximum Gasteiger partial charge on any atom is 0.261 e. The molecule has 0 spiro atoms. The Kier molecular flexibility index (Phi) is 4.59. The minimum absolute atomic E-state index is 0.376. The summed E-state index contributed by atoms with van der Waals surface area (Å²) in [6.45, 7) is 2.73. The van der Waals surface area contributed by atoms with Crippen molar-refractivity contribution in [2.24, 2.45) is 5.92 Å². The molecule has 0 saturated heterocycles. The molecule has 1 atom stereocenters. The van der Waals surface area contributed by atoms with E-state index in [-0.39, 0.29) is 0 Å². The van der Waals surface area contributed by atoms with Crippen molar-refractivity contribution in [3.05, 3.63) is 0 Å². The molecular weight excluding hydrogens is 176 g/mol. The average Bonchev–Trinajstić information content (AvgIpc) is 2.85. The fraction of sp³-hybridized carbons (Fsp3) is 1.00. The number of ether oxygens (including phenoxy) is 1. The van der Waals surface area contributed by atoms with Crippen LogP contribution in [0, 0.1) is 5.92 Å². The molecule has 1 saturated carbocycles. The molecule has 0 heterocycles. The van der Waals surface area contributed by atoms with E-state index in [4.69, 9.17) is 4.74 Å². The molecule has 0 radical (unpaired) electrons. The Labute approximate surface area is 77.6 Å². The number of nitrogens with one attached hydrogen (secondary N) is 1. The molecule has 0 aliphatic heterocycles. The molecule has 78 valence electrons. The van der Waals surface area contributed by atoms with Crippen LogP contribution in [-0.4, -0.2) is 32.2 Å². The van der Waals surface area contributed by atoms with E-state index in [9.17, 15) is 8.78 Å². The third kappa shape index (κ3) is 5.16. The average molecular weight is 193 g/mol. The van der Waals surface area contributed by atoms with Gasteiger partial charge in [0.05, 0.1) is 6.61 Å². The Balaban J connectivity index is 1.83. The summed E-state index contributed by atoms with van der Waals surface area (Å²) >= 11 is 0. The lowest BCUT2D eigenvalue weighted by Crippen LogP contribution is -2.31. The minimum atomic E-state index is -2.35. The molecule has 1 fully saturated rings. The summed E-state index contributed by atoms with van der Waals surface area (Å²) in [5.74, 6) is 0.801. The third-order valence-electron chi connectivity index (χ3n) is 2.29. The summed E-state index contributed by atoms with van der Waals surface area (Å²) in [7, 11) is 0. The highest BCUT2D eigenvalue weighted by Crippen LogP contribution is 2.32. The van der Waals surface area contributed by atoms with Crippen molar-refractivity contribution in [1.82, 2.24) is 5.32 Å². The van der Waals surface area contributed by atoms with Crippen LogP contribution in [0.1, 0.15) is 19.8 Å². The van der Waals surface area contributed by atoms with E-state index in [0.717, 1.165) is 5.92 Å². The third-order valence-corrected chi connectivity index (χ3v) is 2.29. The van der Waals surface area contributed by atoms with Gasteiger partial charge in [0.15, 0.2) is 0 Å². The van der Waals surface area contributed by atoms with Gasteiger partial charge in [0.2, 0.25) is 0 Å². The summed E-state index contributed by atoms with van der Waals surface area (Å²) in [5, 5.41) is 3.25. The van der Waals surface area contributed by atoms with E-state index in [1.54, 1.807) is 0 Å². The van der Waals surface area contributed by atoms with Gasteiger partial charge in [0.25, 0.3) is 6.43 Å². The molecule has 1 N–H and O–H groups in total. The molecule has 0 aromatic rings. The van der Waals surface area contributed by atoms with Gasteiger partial charge in [0, 0.05) is 12.6 Å². The Morgan fingerprint density at radius 3 is 2.69 bits per heavy atom. The first-order valence-electron chi connectivity index (χ1n) is 4.79. The molecule has 0 bridgehead atoms. The summed E-state index contributed by atoms with van der Waals surface area (Å²) < 4.78 is 28.0. The fourth-order valence-electron chi connectivity index (χ4n) is 1.29. The normalized spacial score (nSPS) is 19.4. The Morgan fingerprint density at radius 2 is 2.15 bits per heavy atom. The predicted octanol–water partition coefficient (Wildman–Crippen LogP) is 1.66. The van der Waals surface area contributed by atoms with Crippen LogP contribution in [0.4, 0.5) is 8.78 Å². The van der Waals surface area contributed by atoms with Crippen LogP contribution in [0.15, 0.2) is 0 Å². The molecule has 0 amide bonds. The first kappa shape index (κ1) is 10.9. The summed E-state index contributed by atoms with van der Waals surface area (Å²) in [6, 6.07) is 0.509. The molecule has 1 aliphatic carbocycles. The van der Waals surface area contributed by atoms with E-state index in [1.165, 1.54) is 12.8 Å². The van der Waals surface area contributed by atoms with E-state index < -0.39 is 13.0 Å². The molecule has 0 aromatic carbocycles. The van der Waals surface area contributed by atoms with Crippen molar-refractivity contribution in [3.8, 4) is 0 Å². The Hall–Kier alpha value is -0.220. The van der Waals surface area contributed by atoms with Gasteiger partial charge in [-0.05, 0) is 25.7 Å². The van der Waals surface area contributed by atoms with Crippen molar-refractivity contribution < 1.29 is 13.5 Å². The van der Waals surface area contributed by atoms with Gasteiger partial charge in [-0.15, -0.1) is 0 Å². The molecule has 2 nitrogen and oxygen atoms in total. The zero-order chi connectivity index (χ0) is 9.68. The van der Waals surface area contributed by atoms with Gasteiger partial charge < -0.3 is 10.1 Å². The van der Waals surface area contributed by atoms with Gasteiger partial charge >= 0.3 is 0 Å². The smallest absolute Gasteiger partial charge is 0.261 e. The predicted molar refractivity (Wildman–Crippen MR) is 47.0 cm³/mol. The zero-order valence-electron chi connectivity index (χ0n) is 7.93. The number of hydrogen-bond donors (Lipinski definition) is 1. The van der Waals surface area contributed by atoms with E-state index in [2.05, 4.69) is 12.2 Å². The topological polar surface area (TPSA) is 21.3 Å². The molecular formula is C9H17F2NO. The van der Waals surface area contributed by atoms with Crippen molar-refractivity contribution in [3.63, 3.8) is 0 Å². The summed E-state index contributed by atoms with van der Waals surface area (Å²) in [6.07, 6.45) is 0.249. The number of halogens is 2. The quantitative estimate of drug-likeness (QED) is 0.621. The van der Waals surface area contributed by atoms with Crippen LogP contribution < -0.4 is 5.32 Å². The highest BCUT2D eigenvalue weighted by molar-refractivity contribution is 4.82. The van der Waals surface area contributed by atoms with Crippen molar-refractivity contribution in [2.45, 2.75) is 32.2 Å². The summed E-state index contributed by atoms with van der Waals surface area (Å²) in [5.41, 5.74) is 0. The van der Waals surface area contributed by atoms with Gasteiger partial charge in [-0.1, -0.05) is 0 Å². The first-order chi connectivity index (χ1) is 6.20. The Morgan fingerprint density at radius 1 is 1.46 bits per heavy atom. The van der Waals surface area contributed by atoms with Crippen LogP contribution in [0.5, 0.6) is 0 Å². The van der Waals surface area contributed by atoms with Crippen LogP contribution in [0.3, 0.4) is 0 Å². The molecule has 0 aromatic heterocycles. The van der Waals surface area contributed by atoms with E-state index in [0.29, 0.717) is 19.2 Å². The van der Waals surface area contributed by atoms with Gasteiger partial charge in [0.1, 0.15) is 6.61 Å². The van der Waals surface area contributed by atoms with Crippen molar-refractivity contribution in [1.29, 1.82) is 0 Å². The zero-order valence-corrected chi connectivity index (χ0v) is 7.93. The fourth-order valence-corrected chi connectivity index (χ4v) is 1.29. The maximum absolute atomic E-state index is 11.6. The van der Waals surface area contributed by atoms with Crippen molar-refractivity contribution >= 4 is 0 Å². The second-order valence-electron chi connectivity index (χ2n) is 3.55. The first-order valence-corrected chi connectivity index (χ1v) is 4.79. The highest BCUT2D eigenvalue weighted by Gasteiger charge is 2.27. The van der Waals surface area contributed by atoms with Crippen LogP contribution in [0.2, 0.25) is 0 Å². The minimum Gasteiger partial charge on any atom is -0.374 e. The number of rotatable bonds is 7. The van der Waals surface area contributed by atoms with Crippen molar-refractivity contribution in [2.75, 3.05) is 19.8 Å². The number of hydrogen-bond acceptors (Lipinski definition) is 2. The van der Waals surface area contributed by atoms with Gasteiger partial charge in [-0.2, -0.15) is 0 Å². The molecule has 1 unspecified atom stereocenters.